The molecule has 0 radical (unpaired) electrons. The van der Waals surface area contributed by atoms with Gasteiger partial charge in [0, 0.05) is 29.7 Å². The average Bonchev–Trinajstić information content (AvgIpc) is 2.96. The number of thiophene rings is 1. The normalized spacial score (nSPS) is 12.2. The van der Waals surface area contributed by atoms with Crippen molar-refractivity contribution in [2.24, 2.45) is 0 Å². The number of aliphatic hydroxyl groups is 1. The first-order valence-corrected chi connectivity index (χ1v) is 7.60. The van der Waals surface area contributed by atoms with Gasteiger partial charge < -0.3 is 14.7 Å². The minimum atomic E-state index is -0.551. The second kappa shape index (κ2) is 6.77. The van der Waals surface area contributed by atoms with Crippen LogP contribution in [0.5, 0.6) is 5.75 Å². The van der Waals surface area contributed by atoms with Crippen molar-refractivity contribution in [3.8, 4) is 5.75 Å². The number of hydrogen-bond acceptors (Lipinski definition) is 4. The van der Waals surface area contributed by atoms with Gasteiger partial charge in [0.05, 0.1) is 13.2 Å². The molecule has 0 aliphatic rings. The standard InChI is InChI=1S/C16H21NO2S/c1-12(18)16-14(7-4-8-15(16)19-3)17(2)10-9-13-6-5-11-20-13/h4-8,11-12,18H,9-10H2,1-3H3. The topological polar surface area (TPSA) is 32.7 Å². The van der Waals surface area contributed by atoms with Crippen LogP contribution in [-0.4, -0.2) is 25.8 Å². The lowest BCUT2D eigenvalue weighted by Gasteiger charge is -2.25. The average molecular weight is 291 g/mol. The fourth-order valence-corrected chi connectivity index (χ4v) is 3.01. The molecule has 0 amide bonds. The summed E-state index contributed by atoms with van der Waals surface area (Å²) in [6, 6.07) is 10.1. The summed E-state index contributed by atoms with van der Waals surface area (Å²) >= 11 is 1.78. The van der Waals surface area contributed by atoms with E-state index in [9.17, 15) is 5.11 Å². The lowest BCUT2D eigenvalue weighted by Crippen LogP contribution is -2.22. The van der Waals surface area contributed by atoms with E-state index in [-0.39, 0.29) is 0 Å². The third kappa shape index (κ3) is 3.32. The van der Waals surface area contributed by atoms with E-state index < -0.39 is 6.10 Å². The van der Waals surface area contributed by atoms with Crippen molar-refractivity contribution in [2.75, 3.05) is 25.6 Å². The number of anilines is 1. The number of nitrogens with zero attached hydrogens (tertiary/aromatic N) is 1. The summed E-state index contributed by atoms with van der Waals surface area (Å²) in [6.45, 7) is 2.68. The molecular weight excluding hydrogens is 270 g/mol. The molecule has 0 aliphatic heterocycles. The van der Waals surface area contributed by atoms with Gasteiger partial charge in [-0.25, -0.2) is 0 Å². The second-order valence-electron chi connectivity index (χ2n) is 4.82. The van der Waals surface area contributed by atoms with Crippen molar-refractivity contribution in [2.45, 2.75) is 19.4 Å². The third-order valence-corrected chi connectivity index (χ3v) is 4.30. The molecule has 1 aromatic carbocycles. The molecule has 0 bridgehead atoms. The Morgan fingerprint density at radius 3 is 2.70 bits per heavy atom. The van der Waals surface area contributed by atoms with Gasteiger partial charge in [0.25, 0.3) is 0 Å². The maximum Gasteiger partial charge on any atom is 0.126 e. The highest BCUT2D eigenvalue weighted by Gasteiger charge is 2.16. The molecule has 20 heavy (non-hydrogen) atoms. The van der Waals surface area contributed by atoms with Crippen LogP contribution in [0.1, 0.15) is 23.5 Å². The van der Waals surface area contributed by atoms with Gasteiger partial charge in [-0.2, -0.15) is 0 Å². The summed E-state index contributed by atoms with van der Waals surface area (Å²) in [5.41, 5.74) is 1.87. The number of aliphatic hydroxyl groups excluding tert-OH is 1. The highest BCUT2D eigenvalue weighted by atomic mass is 32.1. The molecule has 1 unspecified atom stereocenters. The molecule has 108 valence electrons. The Labute approximate surface area is 124 Å². The molecule has 1 N–H and O–H groups in total. The highest BCUT2D eigenvalue weighted by molar-refractivity contribution is 7.09. The van der Waals surface area contributed by atoms with Crippen LogP contribution in [0.15, 0.2) is 35.7 Å². The van der Waals surface area contributed by atoms with Crippen LogP contribution in [0.3, 0.4) is 0 Å². The van der Waals surface area contributed by atoms with Gasteiger partial charge in [-0.3, -0.25) is 0 Å². The molecule has 1 aromatic heterocycles. The quantitative estimate of drug-likeness (QED) is 0.884. The number of likely N-dealkylation sites (N-methyl/N-ethyl adjacent to an activating group) is 1. The SMILES string of the molecule is COc1cccc(N(C)CCc2cccs2)c1C(C)O. The number of ether oxygens (including phenoxy) is 1. The largest absolute Gasteiger partial charge is 0.496 e. The maximum atomic E-state index is 10.0. The first kappa shape index (κ1) is 14.9. The van der Waals surface area contributed by atoms with Crippen LogP contribution >= 0.6 is 11.3 Å². The molecule has 3 nitrogen and oxygen atoms in total. The van der Waals surface area contributed by atoms with Crippen molar-refractivity contribution in [3.63, 3.8) is 0 Å². The second-order valence-corrected chi connectivity index (χ2v) is 5.85. The first-order chi connectivity index (χ1) is 9.63. The Kier molecular flexibility index (Phi) is 5.04. The van der Waals surface area contributed by atoms with Crippen LogP contribution in [-0.2, 0) is 6.42 Å². The fourth-order valence-electron chi connectivity index (χ4n) is 2.32. The van der Waals surface area contributed by atoms with E-state index in [1.54, 1.807) is 25.4 Å². The van der Waals surface area contributed by atoms with E-state index >= 15 is 0 Å². The van der Waals surface area contributed by atoms with Crippen molar-refractivity contribution >= 4 is 17.0 Å². The van der Waals surface area contributed by atoms with Crippen LogP contribution in [0.25, 0.3) is 0 Å². The van der Waals surface area contributed by atoms with Crippen LogP contribution in [0, 0.1) is 0 Å². The van der Waals surface area contributed by atoms with Crippen molar-refractivity contribution < 1.29 is 9.84 Å². The van der Waals surface area contributed by atoms with Crippen LogP contribution < -0.4 is 9.64 Å². The molecule has 2 rings (SSSR count). The Balaban J connectivity index is 2.18. The molecule has 1 atom stereocenters. The third-order valence-electron chi connectivity index (χ3n) is 3.37. The summed E-state index contributed by atoms with van der Waals surface area (Å²) < 4.78 is 5.36. The number of benzene rings is 1. The number of rotatable bonds is 6. The van der Waals surface area contributed by atoms with E-state index in [2.05, 4.69) is 22.4 Å². The number of hydrogen-bond donors (Lipinski definition) is 1. The molecule has 2 aromatic rings. The number of methoxy groups -OCH3 is 1. The minimum Gasteiger partial charge on any atom is -0.496 e. The predicted molar refractivity (Wildman–Crippen MR) is 84.9 cm³/mol. The zero-order chi connectivity index (χ0) is 14.5. The Morgan fingerprint density at radius 1 is 1.30 bits per heavy atom. The first-order valence-electron chi connectivity index (χ1n) is 6.72. The Hall–Kier alpha value is -1.52. The summed E-state index contributed by atoms with van der Waals surface area (Å²) in [5.74, 6) is 0.737. The molecule has 0 fully saturated rings. The van der Waals surface area contributed by atoms with E-state index in [4.69, 9.17) is 4.74 Å². The van der Waals surface area contributed by atoms with E-state index in [0.717, 1.165) is 30.0 Å². The van der Waals surface area contributed by atoms with Crippen molar-refractivity contribution in [3.05, 3.63) is 46.2 Å². The van der Waals surface area contributed by atoms with Crippen molar-refractivity contribution in [1.82, 2.24) is 0 Å². The van der Waals surface area contributed by atoms with Gasteiger partial charge in [-0.15, -0.1) is 11.3 Å². The van der Waals surface area contributed by atoms with Gasteiger partial charge in [0.15, 0.2) is 0 Å². The van der Waals surface area contributed by atoms with Gasteiger partial charge in [0.2, 0.25) is 0 Å². The monoisotopic (exact) mass is 291 g/mol. The summed E-state index contributed by atoms with van der Waals surface area (Å²) in [7, 11) is 3.69. The predicted octanol–water partition coefficient (Wildman–Crippen LogP) is 3.49. The molecule has 0 aliphatic carbocycles. The Morgan fingerprint density at radius 2 is 2.10 bits per heavy atom. The highest BCUT2D eigenvalue weighted by Crippen LogP contribution is 2.34. The molecule has 1 heterocycles. The zero-order valence-electron chi connectivity index (χ0n) is 12.2. The molecule has 4 heteroatoms. The van der Waals surface area contributed by atoms with Gasteiger partial charge in [0.1, 0.15) is 5.75 Å². The maximum absolute atomic E-state index is 10.0. The van der Waals surface area contributed by atoms with Gasteiger partial charge in [-0.05, 0) is 36.9 Å². The van der Waals surface area contributed by atoms with Gasteiger partial charge >= 0.3 is 0 Å². The Bertz CT molecular complexity index is 537. The molecule has 0 spiro atoms. The van der Waals surface area contributed by atoms with Gasteiger partial charge in [-0.1, -0.05) is 12.1 Å². The van der Waals surface area contributed by atoms with Crippen LogP contribution in [0.4, 0.5) is 5.69 Å². The van der Waals surface area contributed by atoms with Crippen molar-refractivity contribution in [1.29, 1.82) is 0 Å². The molecule has 0 saturated heterocycles. The lowest BCUT2D eigenvalue weighted by molar-refractivity contribution is 0.194. The molecular formula is C16H21NO2S. The van der Waals surface area contributed by atoms with E-state index in [1.807, 2.05) is 25.2 Å². The molecule has 0 saturated carbocycles. The minimum absolute atomic E-state index is 0.551. The van der Waals surface area contributed by atoms with E-state index in [1.165, 1.54) is 4.88 Å². The smallest absolute Gasteiger partial charge is 0.126 e. The fraction of sp³-hybridized carbons (Fsp3) is 0.375. The summed E-state index contributed by atoms with van der Waals surface area (Å²) in [4.78, 5) is 3.54. The summed E-state index contributed by atoms with van der Waals surface area (Å²) in [6.07, 6.45) is 0.454. The van der Waals surface area contributed by atoms with Crippen LogP contribution in [0.2, 0.25) is 0 Å². The lowest BCUT2D eigenvalue weighted by atomic mass is 10.1. The summed E-state index contributed by atoms with van der Waals surface area (Å²) in [5, 5.41) is 12.1. The van der Waals surface area contributed by atoms with E-state index in [0.29, 0.717) is 0 Å². The zero-order valence-corrected chi connectivity index (χ0v) is 13.0.